The van der Waals surface area contributed by atoms with Gasteiger partial charge in [0.25, 0.3) is 0 Å². The smallest absolute Gasteiger partial charge is 0.330 e. The van der Waals surface area contributed by atoms with E-state index in [2.05, 4.69) is 25.3 Å². The second-order valence-electron chi connectivity index (χ2n) is 17.4. The van der Waals surface area contributed by atoms with Crippen LogP contribution < -0.4 is 0 Å². The van der Waals surface area contributed by atoms with Crippen LogP contribution in [0.4, 0.5) is 0 Å². The highest BCUT2D eigenvalue weighted by molar-refractivity contribution is 5.81. The minimum Gasteiger partial charge on any atom is -0.459 e. The quantitative estimate of drug-likeness (QED) is 0.203. The fourth-order valence-electron chi connectivity index (χ4n) is 12.3. The summed E-state index contributed by atoms with van der Waals surface area (Å²) >= 11 is 0. The molecule has 0 amide bonds. The van der Waals surface area contributed by atoms with Crippen molar-refractivity contribution in [1.82, 2.24) is 4.90 Å². The first-order chi connectivity index (χ1) is 21.4. The van der Waals surface area contributed by atoms with Crippen molar-refractivity contribution in [1.29, 1.82) is 0 Å². The number of nitrogens with zero attached hydrogens (tertiary/aromatic N) is 1. The Labute approximate surface area is 272 Å². The van der Waals surface area contributed by atoms with E-state index in [1.54, 1.807) is 0 Å². The predicted molar refractivity (Wildman–Crippen MR) is 183 cm³/mol. The van der Waals surface area contributed by atoms with Crippen molar-refractivity contribution in [3.8, 4) is 0 Å². The largest absolute Gasteiger partial charge is 0.459 e. The third-order valence-corrected chi connectivity index (χ3v) is 14.9. The summed E-state index contributed by atoms with van der Waals surface area (Å²) in [5, 5.41) is 0. The van der Waals surface area contributed by atoms with Crippen molar-refractivity contribution < 1.29 is 9.53 Å². The lowest BCUT2D eigenvalue weighted by Crippen LogP contribution is -2.54. The van der Waals surface area contributed by atoms with E-state index in [1.807, 2.05) is 0 Å². The van der Waals surface area contributed by atoms with Gasteiger partial charge in [0, 0.05) is 24.2 Å². The van der Waals surface area contributed by atoms with E-state index in [0.717, 1.165) is 66.5 Å². The molecule has 3 nitrogen and oxygen atoms in total. The maximum absolute atomic E-state index is 11.9. The molecular weight excluding hydrogens is 538 g/mol. The Balaban J connectivity index is 1.09. The Kier molecular flexibility index (Phi) is 11.6. The lowest BCUT2D eigenvalue weighted by molar-refractivity contribution is -0.146. The molecule has 0 aromatic heterocycles. The van der Waals surface area contributed by atoms with Crippen LogP contribution in [0.3, 0.4) is 0 Å². The molecule has 0 bridgehead atoms. The summed E-state index contributed by atoms with van der Waals surface area (Å²) in [6, 6.07) is 2.57. The number of hydrogen-bond acceptors (Lipinski definition) is 3. The molecule has 6 aliphatic carbocycles. The van der Waals surface area contributed by atoms with Crippen LogP contribution in [0.25, 0.3) is 0 Å². The second kappa shape index (κ2) is 15.4. The van der Waals surface area contributed by atoms with Gasteiger partial charge in [0.15, 0.2) is 0 Å². The summed E-state index contributed by atoms with van der Waals surface area (Å²) in [7, 11) is 0. The van der Waals surface area contributed by atoms with Crippen molar-refractivity contribution in [2.24, 2.45) is 40.9 Å². The summed E-state index contributed by atoms with van der Waals surface area (Å²) < 4.78 is 5.70. The molecule has 0 saturated heterocycles. The standard InChI is InChI=1S/C41H69NO2/c1-4-40(43)44-39-26-18-35(19-27-39)41(28-6-5-7-29-41)34-16-24-38(25-17-34)42(36-20-10-31(3)11-21-36)37-22-14-33(15-23-37)32-12-8-30(2)9-13-32/h4,30-39H,1,5-29H2,2-3H3. The monoisotopic (exact) mass is 608 g/mol. The summed E-state index contributed by atoms with van der Waals surface area (Å²) in [5.74, 6) is 5.53. The molecule has 0 atom stereocenters. The maximum Gasteiger partial charge on any atom is 0.330 e. The number of carbonyl (C=O) groups excluding carboxylic acids is 1. The number of hydrogen-bond donors (Lipinski definition) is 0. The number of rotatable bonds is 8. The minimum absolute atomic E-state index is 0.122. The lowest BCUT2D eigenvalue weighted by Gasteiger charge is -2.55. The molecule has 0 aromatic rings. The van der Waals surface area contributed by atoms with E-state index in [-0.39, 0.29) is 12.1 Å². The first-order valence-corrected chi connectivity index (χ1v) is 20.1. The van der Waals surface area contributed by atoms with Crippen molar-refractivity contribution in [3.05, 3.63) is 12.7 Å². The molecule has 0 aromatic carbocycles. The molecule has 3 heteroatoms. The van der Waals surface area contributed by atoms with Crippen molar-refractivity contribution in [2.75, 3.05) is 0 Å². The average Bonchev–Trinajstić information content (AvgIpc) is 3.07. The zero-order valence-electron chi connectivity index (χ0n) is 29.0. The molecule has 0 heterocycles. The molecule has 6 rings (SSSR count). The van der Waals surface area contributed by atoms with Crippen LogP contribution in [0, 0.1) is 40.9 Å². The topological polar surface area (TPSA) is 29.5 Å². The lowest BCUT2D eigenvalue weighted by atomic mass is 9.53. The molecule has 250 valence electrons. The minimum atomic E-state index is -0.228. The first-order valence-electron chi connectivity index (χ1n) is 20.1. The molecule has 0 spiro atoms. The van der Waals surface area contributed by atoms with E-state index in [4.69, 9.17) is 4.74 Å². The zero-order valence-corrected chi connectivity index (χ0v) is 29.0. The van der Waals surface area contributed by atoms with Gasteiger partial charge >= 0.3 is 5.97 Å². The van der Waals surface area contributed by atoms with Gasteiger partial charge in [-0.3, -0.25) is 4.90 Å². The Morgan fingerprint density at radius 2 is 1.00 bits per heavy atom. The fourth-order valence-corrected chi connectivity index (χ4v) is 12.3. The van der Waals surface area contributed by atoms with Gasteiger partial charge in [-0.25, -0.2) is 4.79 Å². The van der Waals surface area contributed by atoms with Gasteiger partial charge in [0.1, 0.15) is 6.10 Å². The average molecular weight is 608 g/mol. The van der Waals surface area contributed by atoms with Gasteiger partial charge < -0.3 is 4.74 Å². The summed E-state index contributed by atoms with van der Waals surface area (Å²) in [6.45, 7) is 8.60. The second-order valence-corrected chi connectivity index (χ2v) is 17.4. The molecule has 0 N–H and O–H groups in total. The van der Waals surface area contributed by atoms with Gasteiger partial charge in [0.2, 0.25) is 0 Å². The maximum atomic E-state index is 11.9. The highest BCUT2D eigenvalue weighted by atomic mass is 16.5. The molecule has 44 heavy (non-hydrogen) atoms. The first kappa shape index (κ1) is 33.1. The van der Waals surface area contributed by atoms with Crippen LogP contribution in [0.2, 0.25) is 0 Å². The normalized spacial score (nSPS) is 42.0. The van der Waals surface area contributed by atoms with E-state index >= 15 is 0 Å². The summed E-state index contributed by atoms with van der Waals surface area (Å²) in [4.78, 5) is 15.1. The van der Waals surface area contributed by atoms with Crippen LogP contribution in [-0.2, 0) is 9.53 Å². The van der Waals surface area contributed by atoms with E-state index in [0.29, 0.717) is 5.41 Å². The summed E-state index contributed by atoms with van der Waals surface area (Å²) in [5.41, 5.74) is 0.567. The van der Waals surface area contributed by atoms with E-state index < -0.39 is 0 Å². The highest BCUT2D eigenvalue weighted by Gasteiger charge is 2.49. The third-order valence-electron chi connectivity index (χ3n) is 14.9. The van der Waals surface area contributed by atoms with Crippen LogP contribution in [-0.4, -0.2) is 35.1 Å². The van der Waals surface area contributed by atoms with Crippen molar-refractivity contribution in [2.45, 2.75) is 199 Å². The van der Waals surface area contributed by atoms with Gasteiger partial charge in [-0.1, -0.05) is 52.5 Å². The molecule has 0 unspecified atom stereocenters. The van der Waals surface area contributed by atoms with E-state index in [9.17, 15) is 4.79 Å². The van der Waals surface area contributed by atoms with Crippen molar-refractivity contribution in [3.63, 3.8) is 0 Å². The summed E-state index contributed by atoms with van der Waals surface area (Å²) in [6.07, 6.45) is 37.2. The van der Waals surface area contributed by atoms with Crippen LogP contribution >= 0.6 is 0 Å². The predicted octanol–water partition coefficient (Wildman–Crippen LogP) is 11.0. The third kappa shape index (κ3) is 7.65. The number of ether oxygens (including phenoxy) is 1. The highest BCUT2D eigenvalue weighted by Crippen LogP contribution is 2.57. The SMILES string of the molecule is C=CC(=O)OC1CCC(C2(C3CCC(N(C4CCC(C)CC4)C4CCC(C5CCC(C)CC5)CC4)CC3)CCCCC2)CC1. The van der Waals surface area contributed by atoms with Crippen LogP contribution in [0.5, 0.6) is 0 Å². The molecule has 0 aliphatic heterocycles. The molecule has 6 fully saturated rings. The molecule has 6 saturated carbocycles. The van der Waals surface area contributed by atoms with Gasteiger partial charge in [0.05, 0.1) is 0 Å². The van der Waals surface area contributed by atoms with Crippen molar-refractivity contribution >= 4 is 5.97 Å². The zero-order chi connectivity index (χ0) is 30.5. The number of carbonyl (C=O) groups is 1. The van der Waals surface area contributed by atoms with Crippen LogP contribution in [0.1, 0.15) is 174 Å². The molecular formula is C41H69NO2. The Morgan fingerprint density at radius 3 is 1.50 bits per heavy atom. The Morgan fingerprint density at radius 1 is 0.591 bits per heavy atom. The van der Waals surface area contributed by atoms with Crippen LogP contribution in [0.15, 0.2) is 12.7 Å². The van der Waals surface area contributed by atoms with E-state index in [1.165, 1.54) is 154 Å². The van der Waals surface area contributed by atoms with Gasteiger partial charge in [-0.15, -0.1) is 0 Å². The Bertz CT molecular complexity index is 884. The Hall–Kier alpha value is -0.830. The molecule has 0 radical (unpaired) electrons. The fraction of sp³-hybridized carbons (Fsp3) is 0.927. The number of esters is 1. The van der Waals surface area contributed by atoms with Gasteiger partial charge in [-0.05, 0) is 169 Å². The van der Waals surface area contributed by atoms with Gasteiger partial charge in [-0.2, -0.15) is 0 Å². The molecule has 6 aliphatic rings.